The molecule has 6 rings (SSSR count). The standard InChI is InChI=1S/C27H23N5O4/c1-33-20-11-7-10-19(14-20)24-15-32-22(17-35-24)25(29-31-32)27-28-26(30-36-27)21-12-5-6-13-23(21)34-16-18-8-3-2-4-9-18/h2-14,24H,15-17H2,1H3. The monoisotopic (exact) mass is 481 g/mol. The van der Waals surface area contributed by atoms with E-state index in [0.717, 1.165) is 28.1 Å². The van der Waals surface area contributed by atoms with E-state index in [4.69, 9.17) is 18.7 Å². The number of rotatable bonds is 7. The summed E-state index contributed by atoms with van der Waals surface area (Å²) in [6, 6.07) is 25.4. The quantitative estimate of drug-likeness (QED) is 0.325. The Bertz CT molecular complexity index is 1480. The fraction of sp³-hybridized carbons (Fsp3) is 0.185. The van der Waals surface area contributed by atoms with Gasteiger partial charge in [0.15, 0.2) is 5.69 Å². The number of para-hydroxylation sites is 1. The predicted octanol–water partition coefficient (Wildman–Crippen LogP) is 4.85. The van der Waals surface area contributed by atoms with Crippen molar-refractivity contribution < 1.29 is 18.7 Å². The fourth-order valence-corrected chi connectivity index (χ4v) is 4.16. The Morgan fingerprint density at radius 1 is 1.00 bits per heavy atom. The van der Waals surface area contributed by atoms with Crippen LogP contribution in [0.15, 0.2) is 83.4 Å². The second-order valence-electron chi connectivity index (χ2n) is 8.34. The van der Waals surface area contributed by atoms with Crippen LogP contribution in [0.4, 0.5) is 0 Å². The van der Waals surface area contributed by atoms with E-state index in [1.54, 1.807) is 7.11 Å². The maximum Gasteiger partial charge on any atom is 0.280 e. The van der Waals surface area contributed by atoms with Crippen LogP contribution in [0.25, 0.3) is 23.0 Å². The van der Waals surface area contributed by atoms with Gasteiger partial charge in [-0.25, -0.2) is 4.68 Å². The van der Waals surface area contributed by atoms with Crippen LogP contribution in [0.3, 0.4) is 0 Å². The summed E-state index contributed by atoms with van der Waals surface area (Å²) in [7, 11) is 1.65. The van der Waals surface area contributed by atoms with Gasteiger partial charge in [-0.05, 0) is 35.4 Å². The Kier molecular flexibility index (Phi) is 5.88. The van der Waals surface area contributed by atoms with Crippen molar-refractivity contribution in [1.82, 2.24) is 25.1 Å². The van der Waals surface area contributed by atoms with Crippen molar-refractivity contribution in [3.05, 3.63) is 95.7 Å². The molecule has 0 aliphatic carbocycles. The molecule has 1 aliphatic heterocycles. The van der Waals surface area contributed by atoms with Crippen molar-refractivity contribution >= 4 is 0 Å². The van der Waals surface area contributed by atoms with E-state index in [2.05, 4.69) is 20.5 Å². The minimum atomic E-state index is -0.158. The zero-order chi connectivity index (χ0) is 24.3. The van der Waals surface area contributed by atoms with E-state index < -0.39 is 0 Å². The van der Waals surface area contributed by atoms with Gasteiger partial charge in [0.2, 0.25) is 5.82 Å². The summed E-state index contributed by atoms with van der Waals surface area (Å²) >= 11 is 0. The first-order valence-electron chi connectivity index (χ1n) is 11.6. The van der Waals surface area contributed by atoms with Gasteiger partial charge in [-0.15, -0.1) is 5.10 Å². The molecule has 9 heteroatoms. The van der Waals surface area contributed by atoms with Crippen molar-refractivity contribution in [3.63, 3.8) is 0 Å². The van der Waals surface area contributed by atoms with Gasteiger partial charge in [-0.3, -0.25) is 0 Å². The molecule has 0 saturated carbocycles. The summed E-state index contributed by atoms with van der Waals surface area (Å²) in [5, 5.41) is 12.8. The van der Waals surface area contributed by atoms with Crippen LogP contribution in [0.2, 0.25) is 0 Å². The molecule has 0 N–H and O–H groups in total. The van der Waals surface area contributed by atoms with Crippen molar-refractivity contribution in [2.24, 2.45) is 0 Å². The van der Waals surface area contributed by atoms with Crippen LogP contribution in [-0.2, 0) is 24.5 Å². The molecule has 1 atom stereocenters. The van der Waals surface area contributed by atoms with Crippen molar-refractivity contribution in [2.45, 2.75) is 25.9 Å². The number of fused-ring (bicyclic) bond motifs is 1. The molecular weight excluding hydrogens is 458 g/mol. The van der Waals surface area contributed by atoms with Gasteiger partial charge in [-0.1, -0.05) is 65.0 Å². The van der Waals surface area contributed by atoms with Crippen LogP contribution >= 0.6 is 0 Å². The van der Waals surface area contributed by atoms with E-state index in [9.17, 15) is 0 Å². The van der Waals surface area contributed by atoms with Gasteiger partial charge in [-0.2, -0.15) is 4.98 Å². The molecule has 180 valence electrons. The summed E-state index contributed by atoms with van der Waals surface area (Å²) in [6.07, 6.45) is -0.158. The van der Waals surface area contributed by atoms with Crippen LogP contribution < -0.4 is 9.47 Å². The van der Waals surface area contributed by atoms with E-state index in [0.29, 0.717) is 37.0 Å². The van der Waals surface area contributed by atoms with Crippen LogP contribution in [0, 0.1) is 0 Å². The average Bonchev–Trinajstić information content (AvgIpc) is 3.59. The normalized spacial score (nSPS) is 14.9. The second-order valence-corrected chi connectivity index (χ2v) is 8.34. The predicted molar refractivity (Wildman–Crippen MR) is 130 cm³/mol. The molecule has 0 bridgehead atoms. The molecule has 0 radical (unpaired) electrons. The zero-order valence-electron chi connectivity index (χ0n) is 19.6. The first-order valence-corrected chi connectivity index (χ1v) is 11.6. The largest absolute Gasteiger partial charge is 0.497 e. The number of benzene rings is 3. The van der Waals surface area contributed by atoms with Crippen LogP contribution in [0.5, 0.6) is 11.5 Å². The lowest BCUT2D eigenvalue weighted by atomic mass is 10.1. The summed E-state index contributed by atoms with van der Waals surface area (Å²) in [6.45, 7) is 1.28. The van der Waals surface area contributed by atoms with Crippen molar-refractivity contribution in [3.8, 4) is 34.5 Å². The summed E-state index contributed by atoms with van der Waals surface area (Å²) < 4.78 is 24.9. The van der Waals surface area contributed by atoms with Crippen molar-refractivity contribution in [1.29, 1.82) is 0 Å². The Labute approximate surface area is 207 Å². The summed E-state index contributed by atoms with van der Waals surface area (Å²) in [5.74, 6) is 2.16. The number of methoxy groups -OCH3 is 1. The van der Waals surface area contributed by atoms with Gasteiger partial charge in [0, 0.05) is 0 Å². The first-order chi connectivity index (χ1) is 17.8. The molecule has 5 aromatic rings. The maximum atomic E-state index is 6.13. The lowest BCUT2D eigenvalue weighted by Crippen LogP contribution is -2.22. The highest BCUT2D eigenvalue weighted by molar-refractivity contribution is 5.65. The van der Waals surface area contributed by atoms with Gasteiger partial charge in [0.1, 0.15) is 24.2 Å². The molecule has 0 amide bonds. The minimum Gasteiger partial charge on any atom is -0.497 e. The first kappa shape index (κ1) is 22.0. The fourth-order valence-electron chi connectivity index (χ4n) is 4.16. The number of hydrogen-bond donors (Lipinski definition) is 0. The summed E-state index contributed by atoms with van der Waals surface area (Å²) in [5.41, 5.74) is 4.13. The third-order valence-corrected chi connectivity index (χ3v) is 6.06. The molecule has 1 unspecified atom stereocenters. The van der Waals surface area contributed by atoms with E-state index in [1.807, 2.05) is 83.5 Å². The molecule has 0 fully saturated rings. The minimum absolute atomic E-state index is 0.158. The smallest absolute Gasteiger partial charge is 0.280 e. The molecule has 3 heterocycles. The molecule has 0 spiro atoms. The average molecular weight is 482 g/mol. The van der Waals surface area contributed by atoms with Crippen LogP contribution in [-0.4, -0.2) is 32.2 Å². The Hall–Kier alpha value is -4.50. The third kappa shape index (κ3) is 4.32. The van der Waals surface area contributed by atoms with Gasteiger partial charge >= 0.3 is 0 Å². The van der Waals surface area contributed by atoms with Gasteiger partial charge in [0.05, 0.1) is 31.5 Å². The number of nitrogens with zero attached hydrogens (tertiary/aromatic N) is 5. The highest BCUT2D eigenvalue weighted by Gasteiger charge is 2.28. The van der Waals surface area contributed by atoms with Crippen LogP contribution in [0.1, 0.15) is 22.9 Å². The SMILES string of the molecule is COc1cccc(C2Cn3nnc(-c4nc(-c5ccccc5OCc5ccccc5)no4)c3CO2)c1. The number of hydrogen-bond acceptors (Lipinski definition) is 8. The lowest BCUT2D eigenvalue weighted by Gasteiger charge is -2.24. The zero-order valence-corrected chi connectivity index (χ0v) is 19.6. The Morgan fingerprint density at radius 3 is 2.75 bits per heavy atom. The highest BCUT2D eigenvalue weighted by atomic mass is 16.5. The molecule has 3 aromatic carbocycles. The Morgan fingerprint density at radius 2 is 1.86 bits per heavy atom. The van der Waals surface area contributed by atoms with E-state index in [-0.39, 0.29) is 12.0 Å². The molecule has 0 saturated heterocycles. The van der Waals surface area contributed by atoms with Crippen molar-refractivity contribution in [2.75, 3.05) is 7.11 Å². The Balaban J connectivity index is 1.22. The van der Waals surface area contributed by atoms with E-state index in [1.165, 1.54) is 0 Å². The number of ether oxygens (including phenoxy) is 3. The molecule has 1 aliphatic rings. The molecule has 9 nitrogen and oxygen atoms in total. The second kappa shape index (κ2) is 9.63. The van der Waals surface area contributed by atoms with Gasteiger partial charge < -0.3 is 18.7 Å². The molecular formula is C27H23N5O4. The molecule has 36 heavy (non-hydrogen) atoms. The van der Waals surface area contributed by atoms with Gasteiger partial charge in [0.25, 0.3) is 5.89 Å². The highest BCUT2D eigenvalue weighted by Crippen LogP contribution is 2.33. The maximum absolute atomic E-state index is 6.13. The van der Waals surface area contributed by atoms with E-state index >= 15 is 0 Å². The third-order valence-electron chi connectivity index (χ3n) is 6.06. The lowest BCUT2D eigenvalue weighted by molar-refractivity contribution is -0.00127. The molecule has 2 aromatic heterocycles. The number of aromatic nitrogens is 5. The summed E-state index contributed by atoms with van der Waals surface area (Å²) in [4.78, 5) is 4.60. The topological polar surface area (TPSA) is 97.3 Å².